The number of hydrogen-bond donors (Lipinski definition) is 1. The Labute approximate surface area is 102 Å². The molecule has 0 saturated carbocycles. The highest BCUT2D eigenvalue weighted by Gasteiger charge is 2.16. The second-order valence-electron chi connectivity index (χ2n) is 3.37. The number of benzene rings is 1. The van der Waals surface area contributed by atoms with E-state index in [4.69, 9.17) is 21.4 Å². The minimum absolute atomic E-state index is 0.0574. The quantitative estimate of drug-likeness (QED) is 0.912. The molecule has 2 rings (SSSR count). The molecule has 0 unspecified atom stereocenters. The molecular weight excluding hydrogens is 244 g/mol. The maximum absolute atomic E-state index is 11.1. The molecule has 88 valence electrons. The highest BCUT2D eigenvalue weighted by molar-refractivity contribution is 6.33. The normalized spacial score (nSPS) is 10.2. The summed E-state index contributed by atoms with van der Waals surface area (Å²) in [5.74, 6) is -0.482. The fraction of sp³-hybridized carbons (Fsp3) is 0.0909. The van der Waals surface area contributed by atoms with E-state index in [1.807, 2.05) is 0 Å². The monoisotopic (exact) mass is 252 g/mol. The Balaban J connectivity index is 2.39. The predicted octanol–water partition coefficient (Wildman–Crippen LogP) is 2.56. The van der Waals surface area contributed by atoms with Crippen molar-refractivity contribution in [2.45, 2.75) is 0 Å². The third-order valence-electron chi connectivity index (χ3n) is 2.10. The molecule has 0 spiro atoms. The average Bonchev–Trinajstić information content (AvgIpc) is 2.63. The lowest BCUT2D eigenvalue weighted by Gasteiger charge is -2.07. The van der Waals surface area contributed by atoms with Gasteiger partial charge in [0.15, 0.2) is 5.75 Å². The molecule has 5 nitrogen and oxygen atoms in total. The summed E-state index contributed by atoms with van der Waals surface area (Å²) in [6.45, 7) is 0. The molecule has 2 aromatic rings. The first-order chi connectivity index (χ1) is 8.08. The molecule has 0 aliphatic heterocycles. The van der Waals surface area contributed by atoms with Gasteiger partial charge >= 0.3 is 5.97 Å². The number of carboxylic acids is 1. The zero-order chi connectivity index (χ0) is 12.4. The van der Waals surface area contributed by atoms with Crippen molar-refractivity contribution in [3.05, 3.63) is 41.2 Å². The molecule has 1 N–H and O–H groups in total. The van der Waals surface area contributed by atoms with E-state index in [2.05, 4.69) is 5.10 Å². The van der Waals surface area contributed by atoms with E-state index in [1.165, 1.54) is 12.3 Å². The van der Waals surface area contributed by atoms with Crippen LogP contribution in [0.15, 0.2) is 30.6 Å². The van der Waals surface area contributed by atoms with Gasteiger partial charge in [-0.3, -0.25) is 4.68 Å². The smallest absolute Gasteiger partial charge is 0.341 e. The zero-order valence-corrected chi connectivity index (χ0v) is 9.68. The largest absolute Gasteiger partial charge is 0.478 e. The summed E-state index contributed by atoms with van der Waals surface area (Å²) in [6.07, 6.45) is 3.12. The molecule has 0 radical (unpaired) electrons. The number of aromatic nitrogens is 2. The van der Waals surface area contributed by atoms with E-state index in [-0.39, 0.29) is 16.3 Å². The van der Waals surface area contributed by atoms with Crippen LogP contribution < -0.4 is 4.74 Å². The number of aromatic carboxylic acids is 1. The van der Waals surface area contributed by atoms with Gasteiger partial charge in [0, 0.05) is 7.05 Å². The van der Waals surface area contributed by atoms with Crippen molar-refractivity contribution in [2.24, 2.45) is 7.05 Å². The summed E-state index contributed by atoms with van der Waals surface area (Å²) >= 11 is 5.81. The summed E-state index contributed by atoms with van der Waals surface area (Å²) in [6, 6.07) is 4.67. The van der Waals surface area contributed by atoms with E-state index < -0.39 is 5.97 Å². The second-order valence-corrected chi connectivity index (χ2v) is 3.78. The van der Waals surface area contributed by atoms with Crippen LogP contribution >= 0.6 is 11.6 Å². The number of ether oxygens (including phenoxy) is 1. The van der Waals surface area contributed by atoms with Gasteiger partial charge in [0.05, 0.1) is 17.4 Å². The molecule has 0 atom stereocenters. The Morgan fingerprint density at radius 3 is 2.88 bits per heavy atom. The molecule has 0 bridgehead atoms. The number of nitrogens with zero attached hydrogens (tertiary/aromatic N) is 2. The van der Waals surface area contributed by atoms with E-state index >= 15 is 0 Å². The molecule has 1 heterocycles. The molecule has 0 aliphatic rings. The first-order valence-electron chi connectivity index (χ1n) is 4.76. The van der Waals surface area contributed by atoms with Gasteiger partial charge in [-0.05, 0) is 12.1 Å². The summed E-state index contributed by atoms with van der Waals surface area (Å²) in [4.78, 5) is 11.1. The highest BCUT2D eigenvalue weighted by atomic mass is 35.5. The van der Waals surface area contributed by atoms with Crippen molar-refractivity contribution in [3.8, 4) is 11.5 Å². The van der Waals surface area contributed by atoms with E-state index in [1.54, 1.807) is 30.1 Å². The fourth-order valence-electron chi connectivity index (χ4n) is 1.38. The first-order valence-corrected chi connectivity index (χ1v) is 5.14. The van der Waals surface area contributed by atoms with E-state index in [9.17, 15) is 4.79 Å². The minimum Gasteiger partial charge on any atom is -0.478 e. The van der Waals surface area contributed by atoms with Crippen LogP contribution in [0, 0.1) is 0 Å². The lowest BCUT2D eigenvalue weighted by atomic mass is 10.2. The van der Waals surface area contributed by atoms with Crippen LogP contribution in [0.3, 0.4) is 0 Å². The first kappa shape index (κ1) is 11.5. The molecule has 0 saturated heterocycles. The molecular formula is C11H9ClN2O3. The molecule has 0 amide bonds. The number of hydrogen-bond acceptors (Lipinski definition) is 3. The van der Waals surface area contributed by atoms with Crippen molar-refractivity contribution < 1.29 is 14.6 Å². The third-order valence-corrected chi connectivity index (χ3v) is 2.41. The third kappa shape index (κ3) is 2.39. The molecule has 1 aromatic carbocycles. The Morgan fingerprint density at radius 2 is 2.29 bits per heavy atom. The maximum atomic E-state index is 11.1. The Hall–Kier alpha value is -2.01. The van der Waals surface area contributed by atoms with Gasteiger partial charge in [0.25, 0.3) is 0 Å². The molecule has 6 heteroatoms. The van der Waals surface area contributed by atoms with Crippen LogP contribution in [0.25, 0.3) is 0 Å². The molecule has 0 aliphatic carbocycles. The fourth-order valence-corrected chi connectivity index (χ4v) is 1.62. The van der Waals surface area contributed by atoms with Gasteiger partial charge < -0.3 is 9.84 Å². The van der Waals surface area contributed by atoms with Gasteiger partial charge in [-0.2, -0.15) is 5.10 Å². The van der Waals surface area contributed by atoms with Crippen molar-refractivity contribution in [1.29, 1.82) is 0 Å². The Kier molecular flexibility index (Phi) is 3.01. The number of aryl methyl sites for hydroxylation is 1. The molecule has 17 heavy (non-hydrogen) atoms. The molecule has 0 fully saturated rings. The zero-order valence-electron chi connectivity index (χ0n) is 8.92. The van der Waals surface area contributed by atoms with Crippen molar-refractivity contribution in [2.75, 3.05) is 0 Å². The van der Waals surface area contributed by atoms with Crippen LogP contribution in [0.2, 0.25) is 5.02 Å². The van der Waals surface area contributed by atoms with Crippen LogP contribution in [-0.2, 0) is 7.05 Å². The van der Waals surface area contributed by atoms with Gasteiger partial charge in [-0.25, -0.2) is 4.79 Å². The van der Waals surface area contributed by atoms with Crippen molar-refractivity contribution in [3.63, 3.8) is 0 Å². The standard InChI is InChI=1S/C11H9ClN2O3/c1-14-6-7(5-13-14)17-9-4-2-3-8(12)10(9)11(15)16/h2-6H,1H3,(H,15,16). The van der Waals surface area contributed by atoms with Gasteiger partial charge in [0.1, 0.15) is 11.3 Å². The van der Waals surface area contributed by atoms with Crippen molar-refractivity contribution >= 4 is 17.6 Å². The highest BCUT2D eigenvalue weighted by Crippen LogP contribution is 2.30. The van der Waals surface area contributed by atoms with Gasteiger partial charge in [0.2, 0.25) is 0 Å². The average molecular weight is 253 g/mol. The summed E-state index contributed by atoms with van der Waals surface area (Å²) in [5.41, 5.74) is -0.0574. The summed E-state index contributed by atoms with van der Waals surface area (Å²) in [5, 5.41) is 13.1. The van der Waals surface area contributed by atoms with Gasteiger partial charge in [-0.15, -0.1) is 0 Å². The SMILES string of the molecule is Cn1cc(Oc2cccc(Cl)c2C(=O)O)cn1. The van der Waals surface area contributed by atoms with Crippen LogP contribution in [0.1, 0.15) is 10.4 Å². The van der Waals surface area contributed by atoms with Crippen LogP contribution in [0.4, 0.5) is 0 Å². The van der Waals surface area contributed by atoms with Crippen molar-refractivity contribution in [1.82, 2.24) is 9.78 Å². The lowest BCUT2D eigenvalue weighted by Crippen LogP contribution is -2.00. The second kappa shape index (κ2) is 4.47. The number of halogens is 1. The number of carboxylic acid groups (broad SMARTS) is 1. The van der Waals surface area contributed by atoms with Crippen LogP contribution in [0.5, 0.6) is 11.5 Å². The number of rotatable bonds is 3. The van der Waals surface area contributed by atoms with Crippen LogP contribution in [-0.4, -0.2) is 20.9 Å². The lowest BCUT2D eigenvalue weighted by molar-refractivity contribution is 0.0694. The summed E-state index contributed by atoms with van der Waals surface area (Å²) in [7, 11) is 1.74. The Morgan fingerprint density at radius 1 is 1.53 bits per heavy atom. The van der Waals surface area contributed by atoms with E-state index in [0.29, 0.717) is 5.75 Å². The van der Waals surface area contributed by atoms with Gasteiger partial charge in [-0.1, -0.05) is 17.7 Å². The minimum atomic E-state index is -1.13. The Bertz CT molecular complexity index is 566. The van der Waals surface area contributed by atoms with E-state index in [0.717, 1.165) is 0 Å². The summed E-state index contributed by atoms with van der Waals surface area (Å²) < 4.78 is 6.98. The predicted molar refractivity (Wildman–Crippen MR) is 61.7 cm³/mol. The maximum Gasteiger partial charge on any atom is 0.341 e. The number of carbonyl (C=O) groups is 1. The topological polar surface area (TPSA) is 64.3 Å². The molecule has 1 aromatic heterocycles.